The van der Waals surface area contributed by atoms with Gasteiger partial charge in [0.1, 0.15) is 5.82 Å². The van der Waals surface area contributed by atoms with Gasteiger partial charge >= 0.3 is 0 Å². The molecule has 1 saturated carbocycles. The molecule has 3 heteroatoms. The standard InChI is InChI=1S/C16H23BrFN/c1-11(12-6-7-15(18)14(17)9-12)19-13-5-4-8-16(2,3)10-13/h6-7,9,11,13,19H,4-5,8,10H2,1-3H3. The minimum absolute atomic E-state index is 0.199. The first kappa shape index (κ1) is 15.0. The second-order valence-corrected chi connectivity index (χ2v) is 7.37. The van der Waals surface area contributed by atoms with Gasteiger partial charge in [0, 0.05) is 12.1 Å². The largest absolute Gasteiger partial charge is 0.307 e. The molecule has 0 aromatic heterocycles. The van der Waals surface area contributed by atoms with Gasteiger partial charge in [0.05, 0.1) is 4.47 Å². The van der Waals surface area contributed by atoms with Gasteiger partial charge in [-0.3, -0.25) is 0 Å². The molecule has 106 valence electrons. The van der Waals surface area contributed by atoms with E-state index in [9.17, 15) is 4.39 Å². The highest BCUT2D eigenvalue weighted by molar-refractivity contribution is 9.10. The van der Waals surface area contributed by atoms with Crippen molar-refractivity contribution in [3.05, 3.63) is 34.1 Å². The summed E-state index contributed by atoms with van der Waals surface area (Å²) >= 11 is 3.25. The van der Waals surface area contributed by atoms with Crippen LogP contribution >= 0.6 is 15.9 Å². The molecular formula is C16H23BrFN. The SMILES string of the molecule is CC(NC1CCCC(C)(C)C1)c1ccc(F)c(Br)c1. The second kappa shape index (κ2) is 5.92. The van der Waals surface area contributed by atoms with Crippen molar-refractivity contribution in [3.8, 4) is 0 Å². The van der Waals surface area contributed by atoms with Crippen LogP contribution in [0.15, 0.2) is 22.7 Å². The maximum absolute atomic E-state index is 13.3. The van der Waals surface area contributed by atoms with E-state index < -0.39 is 0 Å². The summed E-state index contributed by atoms with van der Waals surface area (Å²) in [5.74, 6) is -0.199. The highest BCUT2D eigenvalue weighted by Gasteiger charge is 2.28. The lowest BCUT2D eigenvalue weighted by Crippen LogP contribution is -2.38. The smallest absolute Gasteiger partial charge is 0.137 e. The van der Waals surface area contributed by atoms with Crippen LogP contribution in [0.1, 0.15) is 58.1 Å². The molecule has 1 N–H and O–H groups in total. The Kier molecular flexibility index (Phi) is 4.67. The minimum atomic E-state index is -0.199. The molecule has 1 fully saturated rings. The summed E-state index contributed by atoms with van der Waals surface area (Å²) in [4.78, 5) is 0. The van der Waals surface area contributed by atoms with Gasteiger partial charge in [0.25, 0.3) is 0 Å². The fourth-order valence-electron chi connectivity index (χ4n) is 3.07. The molecule has 19 heavy (non-hydrogen) atoms. The van der Waals surface area contributed by atoms with Crippen molar-refractivity contribution >= 4 is 15.9 Å². The predicted molar refractivity (Wildman–Crippen MR) is 81.7 cm³/mol. The van der Waals surface area contributed by atoms with Crippen LogP contribution in [-0.4, -0.2) is 6.04 Å². The summed E-state index contributed by atoms with van der Waals surface area (Å²) in [6.45, 7) is 6.85. The molecule has 1 aromatic carbocycles. The van der Waals surface area contributed by atoms with Crippen molar-refractivity contribution < 1.29 is 4.39 Å². The summed E-state index contributed by atoms with van der Waals surface area (Å²) in [7, 11) is 0. The van der Waals surface area contributed by atoms with Gasteiger partial charge in [-0.05, 0) is 65.2 Å². The zero-order valence-corrected chi connectivity index (χ0v) is 13.6. The Labute approximate surface area is 124 Å². The van der Waals surface area contributed by atoms with E-state index in [0.29, 0.717) is 15.9 Å². The van der Waals surface area contributed by atoms with Gasteiger partial charge in [0.15, 0.2) is 0 Å². The van der Waals surface area contributed by atoms with E-state index in [1.807, 2.05) is 12.1 Å². The Bertz CT molecular complexity index is 444. The van der Waals surface area contributed by atoms with Crippen LogP contribution in [-0.2, 0) is 0 Å². The lowest BCUT2D eigenvalue weighted by atomic mass is 9.75. The Balaban J connectivity index is 2.00. The molecule has 2 rings (SSSR count). The van der Waals surface area contributed by atoms with Crippen molar-refractivity contribution in [2.75, 3.05) is 0 Å². The molecule has 0 radical (unpaired) electrons. The van der Waals surface area contributed by atoms with Crippen LogP contribution in [0.5, 0.6) is 0 Å². The van der Waals surface area contributed by atoms with Crippen molar-refractivity contribution in [2.24, 2.45) is 5.41 Å². The van der Waals surface area contributed by atoms with E-state index in [4.69, 9.17) is 0 Å². The van der Waals surface area contributed by atoms with Gasteiger partial charge in [-0.1, -0.05) is 26.3 Å². The first-order chi connectivity index (χ1) is 8.87. The third-order valence-electron chi connectivity index (χ3n) is 4.13. The van der Waals surface area contributed by atoms with Crippen LogP contribution in [0.2, 0.25) is 0 Å². The van der Waals surface area contributed by atoms with E-state index >= 15 is 0 Å². The maximum atomic E-state index is 13.3. The monoisotopic (exact) mass is 327 g/mol. The van der Waals surface area contributed by atoms with Crippen LogP contribution in [0, 0.1) is 11.2 Å². The normalized spacial score (nSPS) is 24.2. The zero-order valence-electron chi connectivity index (χ0n) is 12.0. The summed E-state index contributed by atoms with van der Waals surface area (Å²) in [6.07, 6.45) is 5.09. The van der Waals surface area contributed by atoms with Crippen molar-refractivity contribution in [1.29, 1.82) is 0 Å². The molecule has 0 amide bonds. The fourth-order valence-corrected chi connectivity index (χ4v) is 3.47. The highest BCUT2D eigenvalue weighted by Crippen LogP contribution is 2.36. The van der Waals surface area contributed by atoms with E-state index in [2.05, 4.69) is 42.0 Å². The van der Waals surface area contributed by atoms with Crippen LogP contribution in [0.25, 0.3) is 0 Å². The average molecular weight is 328 g/mol. The van der Waals surface area contributed by atoms with Crippen molar-refractivity contribution in [3.63, 3.8) is 0 Å². The summed E-state index contributed by atoms with van der Waals surface area (Å²) < 4.78 is 13.8. The Morgan fingerprint density at radius 2 is 2.16 bits per heavy atom. The van der Waals surface area contributed by atoms with Gasteiger partial charge < -0.3 is 5.32 Å². The lowest BCUT2D eigenvalue weighted by Gasteiger charge is -2.37. The van der Waals surface area contributed by atoms with Gasteiger partial charge in [-0.15, -0.1) is 0 Å². The minimum Gasteiger partial charge on any atom is -0.307 e. The van der Waals surface area contributed by atoms with E-state index in [1.54, 1.807) is 0 Å². The van der Waals surface area contributed by atoms with Gasteiger partial charge in [-0.25, -0.2) is 4.39 Å². The fraction of sp³-hybridized carbons (Fsp3) is 0.625. The quantitative estimate of drug-likeness (QED) is 0.803. The number of hydrogen-bond donors (Lipinski definition) is 1. The average Bonchev–Trinajstić information content (AvgIpc) is 2.31. The summed E-state index contributed by atoms with van der Waals surface area (Å²) in [6, 6.07) is 6.10. The summed E-state index contributed by atoms with van der Waals surface area (Å²) in [5.41, 5.74) is 1.58. The molecule has 1 aliphatic rings. The third-order valence-corrected chi connectivity index (χ3v) is 4.74. The molecule has 1 aromatic rings. The maximum Gasteiger partial charge on any atom is 0.137 e. The number of rotatable bonds is 3. The third kappa shape index (κ3) is 4.03. The van der Waals surface area contributed by atoms with Gasteiger partial charge in [0.2, 0.25) is 0 Å². The Morgan fingerprint density at radius 1 is 1.42 bits per heavy atom. The van der Waals surface area contributed by atoms with Crippen LogP contribution < -0.4 is 5.32 Å². The Hall–Kier alpha value is -0.410. The molecular weight excluding hydrogens is 305 g/mol. The predicted octanol–water partition coefficient (Wildman–Crippen LogP) is 5.21. The first-order valence-electron chi connectivity index (χ1n) is 7.08. The van der Waals surface area contributed by atoms with Crippen LogP contribution in [0.3, 0.4) is 0 Å². The zero-order chi connectivity index (χ0) is 14.0. The molecule has 0 spiro atoms. The second-order valence-electron chi connectivity index (χ2n) is 6.52. The molecule has 2 unspecified atom stereocenters. The number of nitrogens with one attached hydrogen (secondary N) is 1. The lowest BCUT2D eigenvalue weighted by molar-refractivity contribution is 0.191. The molecule has 1 aliphatic carbocycles. The van der Waals surface area contributed by atoms with E-state index in [-0.39, 0.29) is 11.9 Å². The van der Waals surface area contributed by atoms with Crippen LogP contribution in [0.4, 0.5) is 4.39 Å². The molecule has 0 bridgehead atoms. The first-order valence-corrected chi connectivity index (χ1v) is 7.88. The van der Waals surface area contributed by atoms with Gasteiger partial charge in [-0.2, -0.15) is 0 Å². The number of benzene rings is 1. The van der Waals surface area contributed by atoms with Crippen molar-refractivity contribution in [1.82, 2.24) is 5.32 Å². The molecule has 0 saturated heterocycles. The van der Waals surface area contributed by atoms with Crippen molar-refractivity contribution in [2.45, 2.75) is 58.5 Å². The molecule has 2 atom stereocenters. The van der Waals surface area contributed by atoms with E-state index in [0.717, 1.165) is 5.56 Å². The molecule has 1 nitrogen and oxygen atoms in total. The highest BCUT2D eigenvalue weighted by atomic mass is 79.9. The topological polar surface area (TPSA) is 12.0 Å². The number of hydrogen-bond acceptors (Lipinski definition) is 1. The molecule has 0 aliphatic heterocycles. The van der Waals surface area contributed by atoms with E-state index in [1.165, 1.54) is 31.7 Å². The molecule has 0 heterocycles. The summed E-state index contributed by atoms with van der Waals surface area (Å²) in [5, 5.41) is 3.69. The Morgan fingerprint density at radius 3 is 2.79 bits per heavy atom. The number of halogens is 2.